The van der Waals surface area contributed by atoms with Crippen LogP contribution in [0.3, 0.4) is 0 Å². The van der Waals surface area contributed by atoms with Crippen molar-refractivity contribution < 1.29 is 4.74 Å². The number of nitrogens with zero attached hydrogens (tertiary/aromatic N) is 1. The van der Waals surface area contributed by atoms with Gasteiger partial charge in [-0.1, -0.05) is 13.8 Å². The Balaban J connectivity index is 2.58. The molecule has 1 aromatic carbocycles. The highest BCUT2D eigenvalue weighted by Gasteiger charge is 2.13. The van der Waals surface area contributed by atoms with Crippen LogP contribution in [0.1, 0.15) is 30.9 Å². The highest BCUT2D eigenvalue weighted by Crippen LogP contribution is 2.34. The summed E-state index contributed by atoms with van der Waals surface area (Å²) >= 11 is 1.47. The van der Waals surface area contributed by atoms with Crippen LogP contribution in [0, 0.1) is 6.92 Å². The van der Waals surface area contributed by atoms with Crippen molar-refractivity contribution in [3.8, 4) is 17.0 Å². The molecule has 0 atom stereocenters. The van der Waals surface area contributed by atoms with Crippen molar-refractivity contribution in [2.75, 3.05) is 12.8 Å². The predicted octanol–water partition coefficient (Wildman–Crippen LogP) is 3.83. The molecular weight excluding hydrogens is 244 g/mol. The zero-order valence-electron chi connectivity index (χ0n) is 11.2. The van der Waals surface area contributed by atoms with Crippen LogP contribution < -0.4 is 10.5 Å². The van der Waals surface area contributed by atoms with Gasteiger partial charge in [-0.15, -0.1) is 11.3 Å². The summed E-state index contributed by atoms with van der Waals surface area (Å²) in [6, 6.07) is 4.23. The van der Waals surface area contributed by atoms with E-state index in [0.717, 1.165) is 22.6 Å². The first-order chi connectivity index (χ1) is 8.52. The molecule has 4 heteroatoms. The second-order valence-corrected chi connectivity index (χ2v) is 5.52. The number of methoxy groups -OCH3 is 1. The molecule has 0 saturated carbocycles. The van der Waals surface area contributed by atoms with Crippen molar-refractivity contribution in [3.05, 3.63) is 28.6 Å². The quantitative estimate of drug-likeness (QED) is 0.914. The first-order valence-electron chi connectivity index (χ1n) is 5.92. The molecule has 3 nitrogen and oxygen atoms in total. The topological polar surface area (TPSA) is 48.1 Å². The van der Waals surface area contributed by atoms with E-state index < -0.39 is 0 Å². The number of anilines is 1. The number of rotatable bonds is 3. The summed E-state index contributed by atoms with van der Waals surface area (Å²) in [5.74, 6) is 1.35. The molecule has 0 fully saturated rings. The number of nitrogen functional groups attached to an aromatic ring is 1. The molecule has 1 aromatic heterocycles. The molecule has 2 N–H and O–H groups in total. The van der Waals surface area contributed by atoms with Crippen molar-refractivity contribution in [1.82, 2.24) is 4.98 Å². The lowest BCUT2D eigenvalue weighted by Gasteiger charge is -2.15. The number of nitrogens with two attached hydrogens (primary N) is 1. The summed E-state index contributed by atoms with van der Waals surface area (Å²) in [5, 5.41) is 2.60. The van der Waals surface area contributed by atoms with E-state index in [1.54, 1.807) is 7.11 Å². The van der Waals surface area contributed by atoms with Crippen LogP contribution in [0.4, 0.5) is 5.13 Å². The fourth-order valence-electron chi connectivity index (χ4n) is 2.01. The van der Waals surface area contributed by atoms with Gasteiger partial charge in [0.1, 0.15) is 5.75 Å². The van der Waals surface area contributed by atoms with E-state index in [1.165, 1.54) is 16.9 Å². The van der Waals surface area contributed by atoms with E-state index in [4.69, 9.17) is 10.5 Å². The summed E-state index contributed by atoms with van der Waals surface area (Å²) in [6.45, 7) is 6.39. The van der Waals surface area contributed by atoms with Crippen molar-refractivity contribution in [1.29, 1.82) is 0 Å². The van der Waals surface area contributed by atoms with Gasteiger partial charge >= 0.3 is 0 Å². The smallest absolute Gasteiger partial charge is 0.180 e. The monoisotopic (exact) mass is 262 g/mol. The van der Waals surface area contributed by atoms with E-state index in [-0.39, 0.29) is 0 Å². The zero-order chi connectivity index (χ0) is 13.3. The maximum Gasteiger partial charge on any atom is 0.180 e. The van der Waals surface area contributed by atoms with Gasteiger partial charge in [0.25, 0.3) is 0 Å². The second kappa shape index (κ2) is 4.98. The third-order valence-electron chi connectivity index (χ3n) is 3.00. The van der Waals surface area contributed by atoms with Crippen LogP contribution >= 0.6 is 11.3 Å². The summed E-state index contributed by atoms with van der Waals surface area (Å²) in [4.78, 5) is 4.35. The van der Waals surface area contributed by atoms with Gasteiger partial charge < -0.3 is 10.5 Å². The molecule has 0 spiro atoms. The third-order valence-corrected chi connectivity index (χ3v) is 3.67. The third kappa shape index (κ3) is 2.34. The number of aryl methyl sites for hydroxylation is 1. The Morgan fingerprint density at radius 3 is 2.56 bits per heavy atom. The Labute approximate surface area is 112 Å². The van der Waals surface area contributed by atoms with E-state index >= 15 is 0 Å². The lowest BCUT2D eigenvalue weighted by Crippen LogP contribution is -1.97. The first-order valence-corrected chi connectivity index (χ1v) is 6.80. The highest BCUT2D eigenvalue weighted by molar-refractivity contribution is 7.13. The largest absolute Gasteiger partial charge is 0.496 e. The zero-order valence-corrected chi connectivity index (χ0v) is 12.0. The summed E-state index contributed by atoms with van der Waals surface area (Å²) in [7, 11) is 1.71. The average Bonchev–Trinajstić information content (AvgIpc) is 2.74. The molecule has 0 bridgehead atoms. The average molecular weight is 262 g/mol. The minimum absolute atomic E-state index is 0.412. The normalized spacial score (nSPS) is 10.9. The summed E-state index contributed by atoms with van der Waals surface area (Å²) in [6.07, 6.45) is 0. The van der Waals surface area contributed by atoms with Crippen LogP contribution in [-0.2, 0) is 0 Å². The van der Waals surface area contributed by atoms with Gasteiger partial charge in [-0.3, -0.25) is 0 Å². The Kier molecular flexibility index (Phi) is 3.57. The number of thiazole rings is 1. The number of benzene rings is 1. The van der Waals surface area contributed by atoms with Gasteiger partial charge in [0.05, 0.1) is 12.8 Å². The molecule has 0 amide bonds. The van der Waals surface area contributed by atoms with Gasteiger partial charge in [0, 0.05) is 10.9 Å². The number of hydrogen-bond acceptors (Lipinski definition) is 4. The second-order valence-electron chi connectivity index (χ2n) is 4.63. The highest BCUT2D eigenvalue weighted by atomic mass is 32.1. The molecule has 1 heterocycles. The fourth-order valence-corrected chi connectivity index (χ4v) is 2.58. The molecule has 0 aliphatic heterocycles. The molecule has 2 rings (SSSR count). The van der Waals surface area contributed by atoms with Crippen LogP contribution in [0.5, 0.6) is 5.75 Å². The molecule has 18 heavy (non-hydrogen) atoms. The molecule has 0 saturated heterocycles. The SMILES string of the molecule is COc1cc(C)c(-c2csc(N)n2)cc1C(C)C. The van der Waals surface area contributed by atoms with Gasteiger partial charge in [0.2, 0.25) is 0 Å². The molecule has 0 unspecified atom stereocenters. The maximum absolute atomic E-state index is 5.70. The van der Waals surface area contributed by atoms with Gasteiger partial charge in [-0.2, -0.15) is 0 Å². The minimum atomic E-state index is 0.412. The predicted molar refractivity (Wildman–Crippen MR) is 77.3 cm³/mol. The van der Waals surface area contributed by atoms with Crippen LogP contribution in [0.25, 0.3) is 11.3 Å². The summed E-state index contributed by atoms with van der Waals surface area (Å²) < 4.78 is 5.44. The van der Waals surface area contributed by atoms with E-state index in [1.807, 2.05) is 5.38 Å². The van der Waals surface area contributed by atoms with Crippen molar-refractivity contribution in [3.63, 3.8) is 0 Å². The van der Waals surface area contributed by atoms with Crippen LogP contribution in [-0.4, -0.2) is 12.1 Å². The molecule has 0 radical (unpaired) electrons. The van der Waals surface area contributed by atoms with E-state index in [2.05, 4.69) is 37.9 Å². The first kappa shape index (κ1) is 12.9. The van der Waals surface area contributed by atoms with E-state index in [0.29, 0.717) is 11.0 Å². The standard InChI is InChI=1S/C14H18N2OS/c1-8(2)10-6-11(9(3)5-13(10)17-4)12-7-18-14(15)16-12/h5-8H,1-4H3,(H2,15,16). The number of hydrogen-bond donors (Lipinski definition) is 1. The molecule has 96 valence electrons. The van der Waals surface area contributed by atoms with Crippen molar-refractivity contribution >= 4 is 16.5 Å². The van der Waals surface area contributed by atoms with Gasteiger partial charge in [-0.05, 0) is 36.1 Å². The fraction of sp³-hybridized carbons (Fsp3) is 0.357. The maximum atomic E-state index is 5.70. The molecule has 0 aliphatic rings. The lowest BCUT2D eigenvalue weighted by atomic mass is 9.95. The van der Waals surface area contributed by atoms with Crippen molar-refractivity contribution in [2.45, 2.75) is 26.7 Å². The molecule has 0 aliphatic carbocycles. The Morgan fingerprint density at radius 2 is 2.06 bits per heavy atom. The van der Waals surface area contributed by atoms with Gasteiger partial charge in [-0.25, -0.2) is 4.98 Å². The van der Waals surface area contributed by atoms with Crippen LogP contribution in [0.15, 0.2) is 17.5 Å². The van der Waals surface area contributed by atoms with Gasteiger partial charge in [0.15, 0.2) is 5.13 Å². The number of aromatic nitrogens is 1. The lowest BCUT2D eigenvalue weighted by molar-refractivity contribution is 0.407. The molecular formula is C14H18N2OS. The summed E-state index contributed by atoms with van der Waals surface area (Å²) in [5.41, 5.74) is 10.1. The van der Waals surface area contributed by atoms with Crippen LogP contribution in [0.2, 0.25) is 0 Å². The Hall–Kier alpha value is -1.55. The van der Waals surface area contributed by atoms with Crippen molar-refractivity contribution in [2.24, 2.45) is 0 Å². The minimum Gasteiger partial charge on any atom is -0.496 e. The number of ether oxygens (including phenoxy) is 1. The molecule has 2 aromatic rings. The Morgan fingerprint density at radius 1 is 1.33 bits per heavy atom. The van der Waals surface area contributed by atoms with E-state index in [9.17, 15) is 0 Å². The Bertz CT molecular complexity index is 561.